The largest absolute Gasteiger partial charge is 0.374 e. The molecule has 138 valence electrons. The Kier molecular flexibility index (Phi) is 5.65. The van der Waals surface area contributed by atoms with Gasteiger partial charge in [0.05, 0.1) is 30.2 Å². The van der Waals surface area contributed by atoms with Gasteiger partial charge in [-0.25, -0.2) is 0 Å². The summed E-state index contributed by atoms with van der Waals surface area (Å²) in [6.45, 7) is 3.57. The van der Waals surface area contributed by atoms with Crippen LogP contribution >= 0.6 is 11.5 Å². The summed E-state index contributed by atoms with van der Waals surface area (Å²) in [4.78, 5) is 28.6. The number of likely N-dealkylation sites (N-methyl/N-ethyl adjacent to an activating group) is 1. The summed E-state index contributed by atoms with van der Waals surface area (Å²) in [5.41, 5.74) is 0.446. The zero-order chi connectivity index (χ0) is 18.0. The molecular weight excluding hydrogens is 344 g/mol. The lowest BCUT2D eigenvalue weighted by molar-refractivity contribution is -0.134. The molecular formula is C16H24N4O4S. The van der Waals surface area contributed by atoms with Gasteiger partial charge < -0.3 is 19.3 Å². The van der Waals surface area contributed by atoms with Crippen LogP contribution in [0.4, 0.5) is 0 Å². The first-order valence-corrected chi connectivity index (χ1v) is 9.24. The van der Waals surface area contributed by atoms with Crippen LogP contribution in [0.15, 0.2) is 0 Å². The molecule has 1 aliphatic carbocycles. The van der Waals surface area contributed by atoms with Crippen molar-refractivity contribution < 1.29 is 19.1 Å². The molecule has 2 amide bonds. The summed E-state index contributed by atoms with van der Waals surface area (Å²) >= 11 is 1.24. The molecule has 1 aliphatic heterocycles. The van der Waals surface area contributed by atoms with Crippen LogP contribution in [-0.4, -0.2) is 83.8 Å². The zero-order valence-corrected chi connectivity index (χ0v) is 15.6. The highest BCUT2D eigenvalue weighted by Gasteiger charge is 2.43. The second kappa shape index (κ2) is 7.76. The van der Waals surface area contributed by atoms with Crippen LogP contribution in [-0.2, 0) is 14.3 Å². The minimum absolute atomic E-state index is 0.0303. The highest BCUT2D eigenvalue weighted by atomic mass is 32.1. The normalized spacial score (nSPS) is 25.7. The molecule has 0 aromatic carbocycles. The predicted molar refractivity (Wildman–Crippen MR) is 91.4 cm³/mol. The van der Waals surface area contributed by atoms with E-state index in [1.807, 2.05) is 11.8 Å². The van der Waals surface area contributed by atoms with E-state index >= 15 is 0 Å². The first kappa shape index (κ1) is 18.2. The van der Waals surface area contributed by atoms with Gasteiger partial charge in [-0.2, -0.15) is 0 Å². The third-order valence-electron chi connectivity index (χ3n) is 4.83. The van der Waals surface area contributed by atoms with E-state index in [1.165, 1.54) is 16.4 Å². The fraction of sp³-hybridized carbons (Fsp3) is 0.750. The minimum atomic E-state index is -0.0612. The molecule has 25 heavy (non-hydrogen) atoms. The average molecular weight is 368 g/mol. The highest BCUT2D eigenvalue weighted by molar-refractivity contribution is 7.05. The molecule has 9 heteroatoms. The maximum atomic E-state index is 12.8. The van der Waals surface area contributed by atoms with Gasteiger partial charge in [0.1, 0.15) is 6.61 Å². The standard InChI is InChI=1S/C16H24N4O4S/c1-10-15(17-18-25-10)16(22)20-4-5-24-13-7-11(6-12(13)20)8-23-9-14(21)19(2)3/h11-13H,4-9H2,1-3H3/t11-,12-,13-/m1/s1. The fourth-order valence-corrected chi connectivity index (χ4v) is 3.91. The average Bonchev–Trinajstić information content (AvgIpc) is 3.19. The summed E-state index contributed by atoms with van der Waals surface area (Å²) in [5, 5.41) is 3.98. The molecule has 1 saturated heterocycles. The molecule has 0 unspecified atom stereocenters. The van der Waals surface area contributed by atoms with E-state index in [9.17, 15) is 9.59 Å². The molecule has 2 heterocycles. The number of fused-ring (bicyclic) bond motifs is 1. The summed E-state index contributed by atoms with van der Waals surface area (Å²) < 4.78 is 15.3. The summed E-state index contributed by atoms with van der Waals surface area (Å²) in [6.07, 6.45) is 1.70. The van der Waals surface area contributed by atoms with Gasteiger partial charge in [0.15, 0.2) is 5.69 Å². The van der Waals surface area contributed by atoms with Crippen molar-refractivity contribution in [2.45, 2.75) is 31.9 Å². The topological polar surface area (TPSA) is 84.9 Å². The van der Waals surface area contributed by atoms with Crippen LogP contribution in [0.25, 0.3) is 0 Å². The quantitative estimate of drug-likeness (QED) is 0.755. The van der Waals surface area contributed by atoms with Gasteiger partial charge in [-0.1, -0.05) is 4.49 Å². The van der Waals surface area contributed by atoms with Gasteiger partial charge in [-0.15, -0.1) is 5.10 Å². The number of nitrogens with zero attached hydrogens (tertiary/aromatic N) is 4. The number of carbonyl (C=O) groups excluding carboxylic acids is 2. The number of hydrogen-bond donors (Lipinski definition) is 0. The number of morpholine rings is 1. The molecule has 0 spiro atoms. The Morgan fingerprint density at radius 1 is 1.40 bits per heavy atom. The third kappa shape index (κ3) is 3.99. The second-order valence-electron chi connectivity index (χ2n) is 6.79. The molecule has 0 N–H and O–H groups in total. The van der Waals surface area contributed by atoms with E-state index in [-0.39, 0.29) is 36.5 Å². The molecule has 1 aromatic heterocycles. The Balaban J connectivity index is 1.58. The Morgan fingerprint density at radius 2 is 2.20 bits per heavy atom. The lowest BCUT2D eigenvalue weighted by Crippen LogP contribution is -2.51. The molecule has 1 saturated carbocycles. The molecule has 8 nitrogen and oxygen atoms in total. The number of amides is 2. The molecule has 3 atom stereocenters. The molecule has 0 bridgehead atoms. The summed E-state index contributed by atoms with van der Waals surface area (Å²) in [6, 6.07) is 0.0421. The predicted octanol–water partition coefficient (Wildman–Crippen LogP) is 0.571. The van der Waals surface area contributed by atoms with Crippen molar-refractivity contribution in [1.82, 2.24) is 19.4 Å². The Hall–Kier alpha value is -1.58. The Morgan fingerprint density at radius 3 is 2.88 bits per heavy atom. The van der Waals surface area contributed by atoms with Crippen LogP contribution in [0, 0.1) is 12.8 Å². The van der Waals surface area contributed by atoms with Gasteiger partial charge in [0.25, 0.3) is 5.91 Å². The van der Waals surface area contributed by atoms with Crippen LogP contribution in [0.2, 0.25) is 0 Å². The lowest BCUT2D eigenvalue weighted by atomic mass is 10.1. The molecule has 2 aliphatic rings. The van der Waals surface area contributed by atoms with Crippen molar-refractivity contribution in [1.29, 1.82) is 0 Å². The van der Waals surface area contributed by atoms with Crippen molar-refractivity contribution >= 4 is 23.3 Å². The first-order chi connectivity index (χ1) is 12.0. The van der Waals surface area contributed by atoms with Crippen LogP contribution in [0.3, 0.4) is 0 Å². The Bertz CT molecular complexity index is 635. The van der Waals surface area contributed by atoms with Crippen molar-refractivity contribution in [2.24, 2.45) is 5.92 Å². The molecule has 3 rings (SSSR count). The van der Waals surface area contributed by atoms with Crippen molar-refractivity contribution in [3.63, 3.8) is 0 Å². The van der Waals surface area contributed by atoms with Gasteiger partial charge in [0, 0.05) is 20.6 Å². The molecule has 1 aromatic rings. The SMILES string of the molecule is Cc1snnc1C(=O)N1CCO[C@@H]2C[C@H](COCC(=O)N(C)C)C[C@H]21. The third-order valence-corrected chi connectivity index (χ3v) is 5.46. The van der Waals surface area contributed by atoms with Crippen LogP contribution < -0.4 is 0 Å². The zero-order valence-electron chi connectivity index (χ0n) is 14.8. The van der Waals surface area contributed by atoms with Crippen molar-refractivity contribution in [3.8, 4) is 0 Å². The van der Waals surface area contributed by atoms with Crippen molar-refractivity contribution in [2.75, 3.05) is 40.5 Å². The maximum Gasteiger partial charge on any atom is 0.276 e. The van der Waals surface area contributed by atoms with Gasteiger partial charge in [-0.05, 0) is 37.2 Å². The van der Waals surface area contributed by atoms with E-state index in [0.29, 0.717) is 25.5 Å². The highest BCUT2D eigenvalue weighted by Crippen LogP contribution is 2.35. The number of rotatable bonds is 5. The van der Waals surface area contributed by atoms with Gasteiger partial charge in [-0.3, -0.25) is 9.59 Å². The second-order valence-corrected chi connectivity index (χ2v) is 7.75. The minimum Gasteiger partial charge on any atom is -0.374 e. The van der Waals surface area contributed by atoms with Crippen LogP contribution in [0.1, 0.15) is 28.2 Å². The molecule has 0 radical (unpaired) electrons. The Labute approximate surface area is 151 Å². The van der Waals surface area contributed by atoms with E-state index in [0.717, 1.165) is 17.7 Å². The number of carbonyl (C=O) groups is 2. The maximum absolute atomic E-state index is 12.8. The fourth-order valence-electron chi connectivity index (χ4n) is 3.45. The van der Waals surface area contributed by atoms with E-state index in [2.05, 4.69) is 9.59 Å². The van der Waals surface area contributed by atoms with E-state index in [4.69, 9.17) is 9.47 Å². The van der Waals surface area contributed by atoms with Crippen LogP contribution in [0.5, 0.6) is 0 Å². The van der Waals surface area contributed by atoms with E-state index in [1.54, 1.807) is 14.1 Å². The van der Waals surface area contributed by atoms with Gasteiger partial charge in [0.2, 0.25) is 5.91 Å². The monoisotopic (exact) mass is 368 g/mol. The summed E-state index contributed by atoms with van der Waals surface area (Å²) in [5.74, 6) is 0.178. The smallest absolute Gasteiger partial charge is 0.276 e. The molecule has 2 fully saturated rings. The number of hydrogen-bond acceptors (Lipinski definition) is 7. The summed E-state index contributed by atoms with van der Waals surface area (Å²) in [7, 11) is 3.42. The lowest BCUT2D eigenvalue weighted by Gasteiger charge is -2.37. The number of ether oxygens (including phenoxy) is 2. The van der Waals surface area contributed by atoms with Crippen molar-refractivity contribution in [3.05, 3.63) is 10.6 Å². The number of aromatic nitrogens is 2. The van der Waals surface area contributed by atoms with E-state index < -0.39 is 0 Å². The van der Waals surface area contributed by atoms with Gasteiger partial charge >= 0.3 is 0 Å². The first-order valence-electron chi connectivity index (χ1n) is 8.46. The number of aryl methyl sites for hydroxylation is 1.